The van der Waals surface area contributed by atoms with Crippen LogP contribution in [0.2, 0.25) is 0 Å². The van der Waals surface area contributed by atoms with Gasteiger partial charge in [0, 0.05) is 31.3 Å². The number of thioether (sulfide) groups is 1. The van der Waals surface area contributed by atoms with E-state index in [0.29, 0.717) is 6.42 Å². The summed E-state index contributed by atoms with van der Waals surface area (Å²) in [4.78, 5) is 24.9. The summed E-state index contributed by atoms with van der Waals surface area (Å²) in [5, 5.41) is 0.124. The first-order chi connectivity index (χ1) is 9.10. The van der Waals surface area contributed by atoms with Crippen LogP contribution in [0.25, 0.3) is 0 Å². The topological polar surface area (TPSA) is 37.4 Å². The van der Waals surface area contributed by atoms with Crippen molar-refractivity contribution in [2.45, 2.75) is 26.7 Å². The molecule has 0 aliphatic carbocycles. The summed E-state index contributed by atoms with van der Waals surface area (Å²) in [6.07, 6.45) is 1.52. The number of rotatable bonds is 4. The Morgan fingerprint density at radius 2 is 2.26 bits per heavy atom. The van der Waals surface area contributed by atoms with Crippen molar-refractivity contribution in [3.05, 3.63) is 29.8 Å². The molecule has 0 saturated carbocycles. The summed E-state index contributed by atoms with van der Waals surface area (Å²) in [6.45, 7) is 4.41. The van der Waals surface area contributed by atoms with Gasteiger partial charge in [0.1, 0.15) is 0 Å². The number of amides is 1. The molecule has 1 aromatic carbocycles. The Hall–Kier alpha value is -1.29. The molecule has 0 aromatic heterocycles. The lowest BCUT2D eigenvalue weighted by atomic mass is 10.1. The highest BCUT2D eigenvalue weighted by atomic mass is 32.2. The molecule has 0 bridgehead atoms. The molecule has 0 radical (unpaired) electrons. The largest absolute Gasteiger partial charge is 0.312 e. The predicted octanol–water partition coefficient (Wildman–Crippen LogP) is 2.88. The highest BCUT2D eigenvalue weighted by molar-refractivity contribution is 8.13. The lowest BCUT2D eigenvalue weighted by Gasteiger charge is -2.17. The number of hydrogen-bond donors (Lipinski definition) is 0. The van der Waals surface area contributed by atoms with Gasteiger partial charge in [-0.25, -0.2) is 0 Å². The number of carbonyl (C=O) groups is 2. The first-order valence-corrected chi connectivity index (χ1v) is 7.61. The lowest BCUT2D eigenvalue weighted by molar-refractivity contribution is -0.117. The molecule has 0 N–H and O–H groups in total. The van der Waals surface area contributed by atoms with Crippen LogP contribution in [0.4, 0.5) is 5.69 Å². The molecule has 0 spiro atoms. The smallest absolute Gasteiger partial charge is 0.227 e. The van der Waals surface area contributed by atoms with E-state index in [1.807, 2.05) is 17.0 Å². The fraction of sp³-hybridized carbons (Fsp3) is 0.467. The number of benzene rings is 1. The van der Waals surface area contributed by atoms with Crippen molar-refractivity contribution in [1.82, 2.24) is 0 Å². The van der Waals surface area contributed by atoms with Gasteiger partial charge in [0.15, 0.2) is 5.12 Å². The van der Waals surface area contributed by atoms with Gasteiger partial charge in [-0.15, -0.1) is 0 Å². The Bertz CT molecular complexity index is 487. The first-order valence-electron chi connectivity index (χ1n) is 6.62. The monoisotopic (exact) mass is 277 g/mol. The van der Waals surface area contributed by atoms with Crippen LogP contribution < -0.4 is 4.90 Å². The normalized spacial score (nSPS) is 18.9. The SMILES string of the molecule is CCc1cccc(N2CC(CSC(C)=O)CC2=O)c1. The minimum atomic E-state index is 0.124. The Labute approximate surface area is 118 Å². The molecule has 1 aliphatic heterocycles. The maximum Gasteiger partial charge on any atom is 0.227 e. The van der Waals surface area contributed by atoms with Crippen LogP contribution in [0, 0.1) is 5.92 Å². The first kappa shape index (κ1) is 14.1. The van der Waals surface area contributed by atoms with E-state index < -0.39 is 0 Å². The Morgan fingerprint density at radius 1 is 1.47 bits per heavy atom. The van der Waals surface area contributed by atoms with Crippen LogP contribution in [-0.4, -0.2) is 23.3 Å². The average Bonchev–Trinajstić information content (AvgIpc) is 2.78. The minimum absolute atomic E-state index is 0.124. The van der Waals surface area contributed by atoms with Crippen LogP contribution in [0.3, 0.4) is 0 Å². The van der Waals surface area contributed by atoms with Crippen molar-refractivity contribution in [2.75, 3.05) is 17.2 Å². The van der Waals surface area contributed by atoms with Gasteiger partial charge >= 0.3 is 0 Å². The molecule has 19 heavy (non-hydrogen) atoms. The van der Waals surface area contributed by atoms with Crippen molar-refractivity contribution in [3.63, 3.8) is 0 Å². The maximum atomic E-state index is 12.1. The minimum Gasteiger partial charge on any atom is -0.312 e. The Balaban J connectivity index is 2.04. The summed E-state index contributed by atoms with van der Waals surface area (Å²) in [7, 11) is 0. The molecular weight excluding hydrogens is 258 g/mol. The van der Waals surface area contributed by atoms with Crippen LogP contribution >= 0.6 is 11.8 Å². The van der Waals surface area contributed by atoms with Gasteiger partial charge in [0.2, 0.25) is 5.91 Å². The summed E-state index contributed by atoms with van der Waals surface area (Å²) in [6, 6.07) is 8.14. The molecular formula is C15H19NO2S. The third-order valence-corrected chi connectivity index (χ3v) is 4.40. The summed E-state index contributed by atoms with van der Waals surface area (Å²) < 4.78 is 0. The number of aryl methyl sites for hydroxylation is 1. The Morgan fingerprint density at radius 3 is 2.95 bits per heavy atom. The van der Waals surface area contributed by atoms with Gasteiger partial charge in [0.25, 0.3) is 0 Å². The van der Waals surface area contributed by atoms with E-state index in [1.165, 1.54) is 17.3 Å². The van der Waals surface area contributed by atoms with Crippen molar-refractivity contribution >= 4 is 28.5 Å². The van der Waals surface area contributed by atoms with Gasteiger partial charge < -0.3 is 4.90 Å². The number of hydrogen-bond acceptors (Lipinski definition) is 3. The molecule has 1 aliphatic rings. The van der Waals surface area contributed by atoms with E-state index >= 15 is 0 Å². The van der Waals surface area contributed by atoms with E-state index in [9.17, 15) is 9.59 Å². The van der Waals surface area contributed by atoms with Gasteiger partial charge in [-0.1, -0.05) is 30.8 Å². The molecule has 1 atom stereocenters. The summed E-state index contributed by atoms with van der Waals surface area (Å²) in [5.41, 5.74) is 2.23. The van der Waals surface area contributed by atoms with E-state index in [1.54, 1.807) is 6.92 Å². The zero-order chi connectivity index (χ0) is 13.8. The van der Waals surface area contributed by atoms with Crippen LogP contribution in [0.5, 0.6) is 0 Å². The van der Waals surface area contributed by atoms with Crippen molar-refractivity contribution < 1.29 is 9.59 Å². The summed E-state index contributed by atoms with van der Waals surface area (Å²) >= 11 is 1.32. The molecule has 1 amide bonds. The zero-order valence-corrected chi connectivity index (χ0v) is 12.2. The second-order valence-corrected chi connectivity index (χ2v) is 6.10. The molecule has 1 fully saturated rings. The van der Waals surface area contributed by atoms with Gasteiger partial charge in [-0.3, -0.25) is 9.59 Å². The van der Waals surface area contributed by atoms with Crippen LogP contribution in [0.15, 0.2) is 24.3 Å². The number of anilines is 1. The maximum absolute atomic E-state index is 12.1. The van der Waals surface area contributed by atoms with Gasteiger partial charge in [-0.2, -0.15) is 0 Å². The predicted molar refractivity (Wildman–Crippen MR) is 79.4 cm³/mol. The van der Waals surface area contributed by atoms with E-state index in [0.717, 1.165) is 24.4 Å². The molecule has 2 rings (SSSR count). The van der Waals surface area contributed by atoms with Gasteiger partial charge in [-0.05, 0) is 30.0 Å². The van der Waals surface area contributed by atoms with E-state index in [-0.39, 0.29) is 16.9 Å². The third-order valence-electron chi connectivity index (χ3n) is 3.36. The molecule has 1 saturated heterocycles. The van der Waals surface area contributed by atoms with Crippen LogP contribution in [0.1, 0.15) is 25.8 Å². The molecule has 4 heteroatoms. The lowest BCUT2D eigenvalue weighted by Crippen LogP contribution is -2.24. The molecule has 1 aromatic rings. The average molecular weight is 277 g/mol. The fourth-order valence-electron chi connectivity index (χ4n) is 2.32. The highest BCUT2D eigenvalue weighted by Gasteiger charge is 2.30. The quantitative estimate of drug-likeness (QED) is 0.849. The molecule has 3 nitrogen and oxygen atoms in total. The fourth-order valence-corrected chi connectivity index (χ4v) is 3.02. The van der Waals surface area contributed by atoms with Crippen molar-refractivity contribution in [2.24, 2.45) is 5.92 Å². The second kappa shape index (κ2) is 6.24. The zero-order valence-electron chi connectivity index (χ0n) is 11.4. The number of nitrogens with zero attached hydrogens (tertiary/aromatic N) is 1. The molecule has 102 valence electrons. The van der Waals surface area contributed by atoms with Crippen molar-refractivity contribution in [1.29, 1.82) is 0 Å². The standard InChI is InChI=1S/C15H19NO2S/c1-3-12-5-4-6-14(7-12)16-9-13(8-15(16)18)10-19-11(2)17/h4-7,13H,3,8-10H2,1-2H3. The van der Waals surface area contributed by atoms with Crippen LogP contribution in [-0.2, 0) is 16.0 Å². The van der Waals surface area contributed by atoms with E-state index in [4.69, 9.17) is 0 Å². The molecule has 1 heterocycles. The van der Waals surface area contributed by atoms with Gasteiger partial charge in [0.05, 0.1) is 0 Å². The molecule has 1 unspecified atom stereocenters. The highest BCUT2D eigenvalue weighted by Crippen LogP contribution is 2.28. The Kier molecular flexibility index (Phi) is 4.64. The second-order valence-electron chi connectivity index (χ2n) is 4.90. The van der Waals surface area contributed by atoms with Crippen molar-refractivity contribution in [3.8, 4) is 0 Å². The summed E-state index contributed by atoms with van der Waals surface area (Å²) in [5.74, 6) is 1.19. The van der Waals surface area contributed by atoms with E-state index in [2.05, 4.69) is 19.1 Å². The third kappa shape index (κ3) is 3.60. The number of carbonyl (C=O) groups excluding carboxylic acids is 2.